The van der Waals surface area contributed by atoms with E-state index in [1.807, 2.05) is 31.2 Å². The first-order valence-corrected chi connectivity index (χ1v) is 9.68. The molecule has 0 aliphatic heterocycles. The van der Waals surface area contributed by atoms with Crippen molar-refractivity contribution in [1.29, 1.82) is 0 Å². The molecule has 0 amide bonds. The molecule has 0 spiro atoms. The Morgan fingerprint density at radius 2 is 1.94 bits per heavy atom. The van der Waals surface area contributed by atoms with Crippen LogP contribution in [0.4, 0.5) is 0 Å². The molecule has 0 N–H and O–H groups in total. The Hall–Kier alpha value is -1.55. The lowest BCUT2D eigenvalue weighted by atomic mass is 10.2. The summed E-state index contributed by atoms with van der Waals surface area (Å²) in [5.41, 5.74) is 1.80. The first-order valence-electron chi connectivity index (χ1n) is 6.23. The third-order valence-electron chi connectivity index (χ3n) is 2.87. The zero-order valence-electron chi connectivity index (χ0n) is 11.4. The number of para-hydroxylation sites is 1. The van der Waals surface area contributed by atoms with Crippen molar-refractivity contribution in [3.8, 4) is 0 Å². The van der Waals surface area contributed by atoms with Crippen LogP contribution in [0.5, 0.6) is 0 Å². The van der Waals surface area contributed by atoms with Crippen LogP contribution in [0.2, 0.25) is 19.6 Å². The molecule has 3 nitrogen and oxygen atoms in total. The number of nitrogens with zero attached hydrogens (tertiary/aromatic N) is 1. The summed E-state index contributed by atoms with van der Waals surface area (Å²) in [5.74, 6) is -0.226. The maximum Gasteiger partial charge on any atom is 0.354 e. The van der Waals surface area contributed by atoms with Gasteiger partial charge in [-0.2, -0.15) is 0 Å². The van der Waals surface area contributed by atoms with Crippen LogP contribution in [0.15, 0.2) is 30.3 Å². The van der Waals surface area contributed by atoms with E-state index in [1.54, 1.807) is 0 Å². The molecule has 0 fully saturated rings. The minimum atomic E-state index is -1.67. The fourth-order valence-electron chi connectivity index (χ4n) is 2.23. The van der Waals surface area contributed by atoms with Gasteiger partial charge in [-0.3, -0.25) is 0 Å². The lowest BCUT2D eigenvalue weighted by Gasteiger charge is -2.22. The first kappa shape index (κ1) is 12.9. The van der Waals surface area contributed by atoms with Gasteiger partial charge < -0.3 is 8.97 Å². The standard InChI is InChI=1S/C14H19NO2Si/c1-5-17-14(16)13-10-11-8-6-7-9-12(11)15(13)18(2,3)4/h6-10H,5H2,1-4H3. The number of hydrogen-bond donors (Lipinski definition) is 0. The average Bonchev–Trinajstić information content (AvgIpc) is 2.68. The van der Waals surface area contributed by atoms with Crippen LogP contribution in [-0.4, -0.2) is 25.0 Å². The van der Waals surface area contributed by atoms with E-state index in [4.69, 9.17) is 4.74 Å². The molecule has 0 atom stereocenters. The number of aromatic nitrogens is 1. The van der Waals surface area contributed by atoms with Gasteiger partial charge >= 0.3 is 5.97 Å². The molecule has 2 rings (SSSR count). The summed E-state index contributed by atoms with van der Waals surface area (Å²) in [6.45, 7) is 8.91. The summed E-state index contributed by atoms with van der Waals surface area (Å²) in [5, 5.41) is 1.10. The zero-order valence-corrected chi connectivity index (χ0v) is 12.4. The molecule has 1 aromatic carbocycles. The minimum absolute atomic E-state index is 0.226. The highest BCUT2D eigenvalue weighted by Gasteiger charge is 2.25. The summed E-state index contributed by atoms with van der Waals surface area (Å²) in [6, 6.07) is 10.0. The van der Waals surface area contributed by atoms with Crippen molar-refractivity contribution in [3.63, 3.8) is 0 Å². The molecule has 18 heavy (non-hydrogen) atoms. The summed E-state index contributed by atoms with van der Waals surface area (Å²) in [6.07, 6.45) is 0. The minimum Gasteiger partial charge on any atom is -0.461 e. The van der Waals surface area contributed by atoms with Gasteiger partial charge in [0.1, 0.15) is 5.69 Å². The lowest BCUT2D eigenvalue weighted by Crippen LogP contribution is -2.34. The van der Waals surface area contributed by atoms with Crippen molar-refractivity contribution in [2.75, 3.05) is 6.61 Å². The Balaban J connectivity index is 2.68. The van der Waals surface area contributed by atoms with Crippen LogP contribution < -0.4 is 0 Å². The predicted octanol–water partition coefficient (Wildman–Crippen LogP) is 3.50. The Kier molecular flexibility index (Phi) is 3.30. The van der Waals surface area contributed by atoms with E-state index in [1.165, 1.54) is 0 Å². The third-order valence-corrected chi connectivity index (χ3v) is 4.69. The zero-order chi connectivity index (χ0) is 13.3. The Morgan fingerprint density at radius 3 is 2.56 bits per heavy atom. The molecule has 0 saturated carbocycles. The van der Waals surface area contributed by atoms with Gasteiger partial charge in [-0.05, 0) is 24.4 Å². The average molecular weight is 261 g/mol. The quantitative estimate of drug-likeness (QED) is 0.625. The SMILES string of the molecule is CCOC(=O)c1cc2ccccc2n1[Si](C)(C)C. The topological polar surface area (TPSA) is 31.2 Å². The van der Waals surface area contributed by atoms with Crippen molar-refractivity contribution in [2.24, 2.45) is 0 Å². The van der Waals surface area contributed by atoms with Crippen LogP contribution in [0, 0.1) is 0 Å². The molecule has 0 unspecified atom stereocenters. The third kappa shape index (κ3) is 2.20. The number of hydrogen-bond acceptors (Lipinski definition) is 2. The molecule has 0 aliphatic carbocycles. The maximum atomic E-state index is 12.1. The van der Waals surface area contributed by atoms with Crippen LogP contribution in [0.25, 0.3) is 10.9 Å². The number of carbonyl (C=O) groups excluding carboxylic acids is 1. The maximum absolute atomic E-state index is 12.1. The highest BCUT2D eigenvalue weighted by atomic mass is 28.3. The highest BCUT2D eigenvalue weighted by molar-refractivity contribution is 6.75. The summed E-state index contributed by atoms with van der Waals surface area (Å²) < 4.78 is 7.34. The van der Waals surface area contributed by atoms with Crippen molar-refractivity contribution in [2.45, 2.75) is 26.6 Å². The monoisotopic (exact) mass is 261 g/mol. The molecule has 0 aliphatic rings. The molecule has 1 aromatic heterocycles. The second kappa shape index (κ2) is 4.61. The molecular weight excluding hydrogens is 242 g/mol. The first-order chi connectivity index (χ1) is 8.45. The number of benzene rings is 1. The van der Waals surface area contributed by atoms with Crippen molar-refractivity contribution < 1.29 is 9.53 Å². The van der Waals surface area contributed by atoms with Gasteiger partial charge in [0.15, 0.2) is 8.24 Å². The number of fused-ring (bicyclic) bond motifs is 1. The summed E-state index contributed by atoms with van der Waals surface area (Å²) in [7, 11) is -1.67. The number of carbonyl (C=O) groups is 1. The lowest BCUT2D eigenvalue weighted by molar-refractivity contribution is 0.0518. The van der Waals surface area contributed by atoms with Crippen molar-refractivity contribution in [3.05, 3.63) is 36.0 Å². The van der Waals surface area contributed by atoms with E-state index in [0.29, 0.717) is 12.3 Å². The van der Waals surface area contributed by atoms with E-state index in [0.717, 1.165) is 10.9 Å². The molecule has 1 heterocycles. The van der Waals surface area contributed by atoms with Gasteiger partial charge in [0, 0.05) is 5.52 Å². The van der Waals surface area contributed by atoms with Crippen molar-refractivity contribution >= 4 is 25.1 Å². The number of ether oxygens (including phenoxy) is 1. The smallest absolute Gasteiger partial charge is 0.354 e. The Labute approximate surface area is 108 Å². The number of esters is 1. The molecule has 0 radical (unpaired) electrons. The van der Waals surface area contributed by atoms with E-state index in [2.05, 4.69) is 29.9 Å². The second-order valence-electron chi connectivity index (χ2n) is 5.32. The van der Waals surface area contributed by atoms with Gasteiger partial charge in [0.25, 0.3) is 0 Å². The summed E-state index contributed by atoms with van der Waals surface area (Å²) in [4.78, 5) is 12.1. The fourth-order valence-corrected chi connectivity index (χ4v) is 4.04. The molecule has 0 saturated heterocycles. The normalized spacial score (nSPS) is 11.8. The molecular formula is C14H19NO2Si. The van der Waals surface area contributed by atoms with Gasteiger partial charge in [0.05, 0.1) is 6.61 Å². The van der Waals surface area contributed by atoms with Gasteiger partial charge in [0.2, 0.25) is 0 Å². The molecule has 0 bridgehead atoms. The number of rotatable bonds is 3. The van der Waals surface area contributed by atoms with E-state index in [9.17, 15) is 4.79 Å². The molecule has 4 heteroatoms. The molecule has 96 valence electrons. The van der Waals surface area contributed by atoms with E-state index < -0.39 is 8.24 Å². The van der Waals surface area contributed by atoms with Crippen LogP contribution >= 0.6 is 0 Å². The highest BCUT2D eigenvalue weighted by Crippen LogP contribution is 2.24. The van der Waals surface area contributed by atoms with Gasteiger partial charge in [-0.25, -0.2) is 4.79 Å². The predicted molar refractivity (Wildman–Crippen MR) is 76.6 cm³/mol. The van der Waals surface area contributed by atoms with Crippen molar-refractivity contribution in [1.82, 2.24) is 4.23 Å². The second-order valence-corrected chi connectivity index (χ2v) is 10.1. The fraction of sp³-hybridized carbons (Fsp3) is 0.357. The van der Waals surface area contributed by atoms with Crippen LogP contribution in [0.3, 0.4) is 0 Å². The summed E-state index contributed by atoms with van der Waals surface area (Å²) >= 11 is 0. The van der Waals surface area contributed by atoms with E-state index >= 15 is 0 Å². The largest absolute Gasteiger partial charge is 0.461 e. The molecule has 2 aromatic rings. The van der Waals surface area contributed by atoms with Gasteiger partial charge in [-0.15, -0.1) is 0 Å². The Morgan fingerprint density at radius 1 is 1.28 bits per heavy atom. The van der Waals surface area contributed by atoms with Crippen LogP contribution in [-0.2, 0) is 4.74 Å². The van der Waals surface area contributed by atoms with Crippen LogP contribution in [0.1, 0.15) is 17.4 Å². The van der Waals surface area contributed by atoms with Gasteiger partial charge in [-0.1, -0.05) is 37.8 Å². The Bertz CT molecular complexity index is 581. The van der Waals surface area contributed by atoms with E-state index in [-0.39, 0.29) is 5.97 Å².